The topological polar surface area (TPSA) is 93.0 Å². The Hall–Kier alpha value is -2.50. The molecule has 0 spiro atoms. The third kappa shape index (κ3) is 3.50. The number of anilines is 1. The number of rotatable bonds is 6. The number of benzene rings is 1. The van der Waals surface area contributed by atoms with Crippen molar-refractivity contribution in [1.82, 2.24) is 15.3 Å². The molecule has 2 rings (SSSR count). The fourth-order valence-corrected chi connectivity index (χ4v) is 1.81. The van der Waals surface area contributed by atoms with Crippen molar-refractivity contribution in [3.8, 4) is 5.75 Å². The molecule has 4 N–H and O–H groups in total. The molecule has 0 bridgehead atoms. The largest absolute Gasteiger partial charge is 0.492 e. The van der Waals surface area contributed by atoms with E-state index in [-0.39, 0.29) is 5.91 Å². The number of amides is 1. The summed E-state index contributed by atoms with van der Waals surface area (Å²) in [6.45, 7) is 2.96. The minimum Gasteiger partial charge on any atom is -0.492 e. The molecule has 1 aromatic heterocycles. The van der Waals surface area contributed by atoms with Crippen molar-refractivity contribution in [2.45, 2.75) is 13.3 Å². The molecule has 6 nitrogen and oxygen atoms in total. The second kappa shape index (κ2) is 6.60. The first-order chi connectivity index (χ1) is 9.70. The highest BCUT2D eigenvalue weighted by atomic mass is 16.5. The highest BCUT2D eigenvalue weighted by Gasteiger charge is 2.08. The molecule has 2 aromatic rings. The third-order valence-corrected chi connectivity index (χ3v) is 2.81. The number of aromatic nitrogens is 2. The number of hydrogen-bond acceptors (Lipinski definition) is 4. The van der Waals surface area contributed by atoms with Gasteiger partial charge < -0.3 is 20.8 Å². The van der Waals surface area contributed by atoms with Gasteiger partial charge in [-0.25, -0.2) is 4.98 Å². The molecule has 0 aliphatic heterocycles. The zero-order valence-electron chi connectivity index (χ0n) is 11.3. The van der Waals surface area contributed by atoms with Crippen LogP contribution in [-0.2, 0) is 6.42 Å². The van der Waals surface area contributed by atoms with Gasteiger partial charge in [0.2, 0.25) is 0 Å². The molecule has 20 heavy (non-hydrogen) atoms. The number of nitrogen functional groups attached to an aromatic ring is 1. The van der Waals surface area contributed by atoms with Gasteiger partial charge in [-0.2, -0.15) is 0 Å². The van der Waals surface area contributed by atoms with E-state index in [2.05, 4.69) is 15.3 Å². The number of aromatic amines is 1. The van der Waals surface area contributed by atoms with Crippen molar-refractivity contribution >= 4 is 11.6 Å². The van der Waals surface area contributed by atoms with Crippen molar-refractivity contribution < 1.29 is 9.53 Å². The summed E-state index contributed by atoms with van der Waals surface area (Å²) < 4.78 is 5.33. The highest BCUT2D eigenvalue weighted by Crippen LogP contribution is 2.22. The number of nitrogens with one attached hydrogen (secondary N) is 2. The number of nitrogens with zero attached hydrogens (tertiary/aromatic N) is 1. The number of ether oxygens (including phenoxy) is 1. The van der Waals surface area contributed by atoms with Gasteiger partial charge in [-0.1, -0.05) is 0 Å². The van der Waals surface area contributed by atoms with Crippen LogP contribution in [0.2, 0.25) is 0 Å². The van der Waals surface area contributed by atoms with Crippen LogP contribution in [0.4, 0.5) is 5.69 Å². The summed E-state index contributed by atoms with van der Waals surface area (Å²) in [7, 11) is 0. The van der Waals surface area contributed by atoms with Crippen LogP contribution in [0, 0.1) is 0 Å². The fourth-order valence-electron chi connectivity index (χ4n) is 1.81. The third-order valence-electron chi connectivity index (χ3n) is 2.81. The summed E-state index contributed by atoms with van der Waals surface area (Å²) in [5.74, 6) is 0.445. The Morgan fingerprint density at radius 3 is 3.00 bits per heavy atom. The lowest BCUT2D eigenvalue weighted by molar-refractivity contribution is 0.0954. The van der Waals surface area contributed by atoms with E-state index in [9.17, 15) is 4.79 Å². The van der Waals surface area contributed by atoms with Crippen molar-refractivity contribution in [2.24, 2.45) is 0 Å². The molecular weight excluding hydrogens is 256 g/mol. The van der Waals surface area contributed by atoms with Gasteiger partial charge in [-0.05, 0) is 25.1 Å². The van der Waals surface area contributed by atoms with Crippen LogP contribution in [0.5, 0.6) is 5.75 Å². The van der Waals surface area contributed by atoms with E-state index in [1.54, 1.807) is 30.7 Å². The molecular formula is C14H18N4O2. The van der Waals surface area contributed by atoms with Crippen molar-refractivity contribution in [3.63, 3.8) is 0 Å². The zero-order chi connectivity index (χ0) is 14.4. The molecule has 0 unspecified atom stereocenters. The number of imidazole rings is 1. The van der Waals surface area contributed by atoms with Crippen LogP contribution in [0.3, 0.4) is 0 Å². The molecule has 0 saturated heterocycles. The predicted molar refractivity (Wildman–Crippen MR) is 76.6 cm³/mol. The summed E-state index contributed by atoms with van der Waals surface area (Å²) in [5.41, 5.74) is 7.81. The monoisotopic (exact) mass is 274 g/mol. The normalized spacial score (nSPS) is 10.2. The average Bonchev–Trinajstić information content (AvgIpc) is 2.94. The van der Waals surface area contributed by atoms with E-state index < -0.39 is 0 Å². The minimum atomic E-state index is -0.153. The molecule has 1 aromatic carbocycles. The molecule has 1 amide bonds. The quantitative estimate of drug-likeness (QED) is 0.693. The first kappa shape index (κ1) is 13.9. The standard InChI is InChI=1S/C14H18N4O2/c1-2-20-13-4-3-10(7-12(13)15)14(19)17-6-5-11-8-16-9-18-11/h3-4,7-9H,2,5-6,15H2,1H3,(H,16,18)(H,17,19). The van der Waals surface area contributed by atoms with Gasteiger partial charge in [0, 0.05) is 30.4 Å². The van der Waals surface area contributed by atoms with Crippen LogP contribution in [0.25, 0.3) is 0 Å². The lowest BCUT2D eigenvalue weighted by Crippen LogP contribution is -2.25. The zero-order valence-corrected chi connectivity index (χ0v) is 11.3. The van der Waals surface area contributed by atoms with E-state index in [0.717, 1.165) is 5.69 Å². The molecule has 106 valence electrons. The van der Waals surface area contributed by atoms with Gasteiger partial charge in [-0.15, -0.1) is 0 Å². The van der Waals surface area contributed by atoms with E-state index >= 15 is 0 Å². The Labute approximate surface area is 117 Å². The minimum absolute atomic E-state index is 0.153. The second-order valence-corrected chi connectivity index (χ2v) is 4.27. The van der Waals surface area contributed by atoms with Crippen LogP contribution in [-0.4, -0.2) is 29.0 Å². The van der Waals surface area contributed by atoms with Crippen LogP contribution in [0.1, 0.15) is 23.0 Å². The first-order valence-electron chi connectivity index (χ1n) is 6.48. The summed E-state index contributed by atoms with van der Waals surface area (Å²) in [6, 6.07) is 5.03. The Kier molecular flexibility index (Phi) is 4.60. The Morgan fingerprint density at radius 1 is 1.50 bits per heavy atom. The molecule has 0 aliphatic rings. The highest BCUT2D eigenvalue weighted by molar-refractivity contribution is 5.95. The summed E-state index contributed by atoms with van der Waals surface area (Å²) >= 11 is 0. The number of nitrogens with two attached hydrogens (primary N) is 1. The summed E-state index contributed by atoms with van der Waals surface area (Å²) in [4.78, 5) is 18.9. The molecule has 0 atom stereocenters. The van der Waals surface area contributed by atoms with Gasteiger partial charge >= 0.3 is 0 Å². The molecule has 0 radical (unpaired) electrons. The SMILES string of the molecule is CCOc1ccc(C(=O)NCCc2cnc[nH]2)cc1N. The van der Waals surface area contributed by atoms with Gasteiger partial charge in [0.1, 0.15) is 5.75 Å². The fraction of sp³-hybridized carbons (Fsp3) is 0.286. The maximum atomic E-state index is 12.0. The van der Waals surface area contributed by atoms with E-state index in [1.807, 2.05) is 6.92 Å². The lowest BCUT2D eigenvalue weighted by Gasteiger charge is -2.09. The van der Waals surface area contributed by atoms with Crippen LogP contribution in [0.15, 0.2) is 30.7 Å². The Balaban J connectivity index is 1.90. The number of hydrogen-bond donors (Lipinski definition) is 3. The van der Waals surface area contributed by atoms with E-state index in [1.165, 1.54) is 0 Å². The smallest absolute Gasteiger partial charge is 0.251 e. The summed E-state index contributed by atoms with van der Waals surface area (Å²) in [6.07, 6.45) is 4.06. The average molecular weight is 274 g/mol. The van der Waals surface area contributed by atoms with Crippen molar-refractivity contribution in [3.05, 3.63) is 42.0 Å². The number of carbonyl (C=O) groups excluding carboxylic acids is 1. The number of H-pyrrole nitrogens is 1. The van der Waals surface area contributed by atoms with Gasteiger partial charge in [0.15, 0.2) is 0 Å². The van der Waals surface area contributed by atoms with Gasteiger partial charge in [0.25, 0.3) is 5.91 Å². The van der Waals surface area contributed by atoms with E-state index in [0.29, 0.717) is 36.6 Å². The first-order valence-corrected chi connectivity index (χ1v) is 6.48. The van der Waals surface area contributed by atoms with Gasteiger partial charge in [0.05, 0.1) is 18.6 Å². The second-order valence-electron chi connectivity index (χ2n) is 4.27. The molecule has 1 heterocycles. The number of carbonyl (C=O) groups is 1. The molecule has 6 heteroatoms. The van der Waals surface area contributed by atoms with Crippen molar-refractivity contribution in [1.29, 1.82) is 0 Å². The lowest BCUT2D eigenvalue weighted by atomic mass is 10.1. The Bertz CT molecular complexity index is 567. The maximum Gasteiger partial charge on any atom is 0.251 e. The maximum absolute atomic E-state index is 12.0. The molecule has 0 saturated carbocycles. The van der Waals surface area contributed by atoms with E-state index in [4.69, 9.17) is 10.5 Å². The molecule has 0 fully saturated rings. The van der Waals surface area contributed by atoms with Crippen LogP contribution < -0.4 is 15.8 Å². The predicted octanol–water partition coefficient (Wildman–Crippen LogP) is 1.36. The molecule has 0 aliphatic carbocycles. The Morgan fingerprint density at radius 2 is 2.35 bits per heavy atom. The van der Waals surface area contributed by atoms with Crippen molar-refractivity contribution in [2.75, 3.05) is 18.9 Å². The summed E-state index contributed by atoms with van der Waals surface area (Å²) in [5, 5.41) is 2.83. The van der Waals surface area contributed by atoms with Crippen LogP contribution >= 0.6 is 0 Å². The van der Waals surface area contributed by atoms with Gasteiger partial charge in [-0.3, -0.25) is 4.79 Å².